The standard InChI is InChI=1S/C18H12Cl2N4OS2/c1-10-5-16(27-18-24-22-9-26-18)11-3-2-4-15(17(11)23-10)25-8-12-13(19)6-21-7-14(12)20/h2-7,9H,8H2,1H3. The van der Waals surface area contributed by atoms with Gasteiger partial charge >= 0.3 is 0 Å². The quantitative estimate of drug-likeness (QED) is 0.393. The number of fused-ring (bicyclic) bond motifs is 1. The molecule has 0 spiro atoms. The second-order valence-electron chi connectivity index (χ2n) is 5.59. The minimum absolute atomic E-state index is 0.230. The molecule has 3 aromatic heterocycles. The number of pyridine rings is 2. The molecule has 27 heavy (non-hydrogen) atoms. The number of hydrogen-bond donors (Lipinski definition) is 0. The second kappa shape index (κ2) is 7.98. The Morgan fingerprint density at radius 1 is 1.19 bits per heavy atom. The molecule has 4 aromatic rings. The van der Waals surface area contributed by atoms with Crippen LogP contribution >= 0.6 is 46.3 Å². The van der Waals surface area contributed by atoms with E-state index in [1.54, 1.807) is 29.7 Å². The maximum absolute atomic E-state index is 6.19. The zero-order valence-corrected chi connectivity index (χ0v) is 17.2. The summed E-state index contributed by atoms with van der Waals surface area (Å²) in [6.07, 6.45) is 3.10. The number of benzene rings is 1. The van der Waals surface area contributed by atoms with E-state index in [0.29, 0.717) is 21.4 Å². The lowest BCUT2D eigenvalue weighted by molar-refractivity contribution is 0.309. The summed E-state index contributed by atoms with van der Waals surface area (Å²) in [5.74, 6) is 0.666. The van der Waals surface area contributed by atoms with Gasteiger partial charge < -0.3 is 4.74 Å². The highest BCUT2D eigenvalue weighted by Gasteiger charge is 2.13. The van der Waals surface area contributed by atoms with Gasteiger partial charge in [0, 0.05) is 33.9 Å². The summed E-state index contributed by atoms with van der Waals surface area (Å²) in [6.45, 7) is 2.19. The van der Waals surface area contributed by atoms with Gasteiger partial charge in [-0.05, 0) is 19.1 Å². The summed E-state index contributed by atoms with van der Waals surface area (Å²) in [7, 11) is 0. The van der Waals surface area contributed by atoms with E-state index in [0.717, 1.165) is 25.8 Å². The van der Waals surface area contributed by atoms with E-state index >= 15 is 0 Å². The summed E-state index contributed by atoms with van der Waals surface area (Å²) >= 11 is 15.4. The van der Waals surface area contributed by atoms with Crippen LogP contribution in [0.4, 0.5) is 0 Å². The van der Waals surface area contributed by atoms with Crippen molar-refractivity contribution >= 4 is 57.2 Å². The topological polar surface area (TPSA) is 60.8 Å². The number of aryl methyl sites for hydroxylation is 1. The molecule has 136 valence electrons. The molecule has 0 aliphatic carbocycles. The van der Waals surface area contributed by atoms with E-state index in [1.165, 1.54) is 11.3 Å². The van der Waals surface area contributed by atoms with Crippen molar-refractivity contribution in [1.82, 2.24) is 20.2 Å². The van der Waals surface area contributed by atoms with Crippen LogP contribution in [0.3, 0.4) is 0 Å². The molecule has 0 saturated carbocycles. The SMILES string of the molecule is Cc1cc(Sc2nncs2)c2cccc(OCc3c(Cl)cncc3Cl)c2n1. The Balaban J connectivity index is 1.70. The van der Waals surface area contributed by atoms with Crippen LogP contribution in [0.25, 0.3) is 10.9 Å². The molecular formula is C18H12Cl2N4OS2. The van der Waals surface area contributed by atoms with Crippen molar-refractivity contribution in [3.05, 3.63) is 63.5 Å². The van der Waals surface area contributed by atoms with E-state index in [1.807, 2.05) is 31.2 Å². The Morgan fingerprint density at radius 2 is 2.00 bits per heavy atom. The van der Waals surface area contributed by atoms with Gasteiger partial charge in [0.15, 0.2) is 4.34 Å². The number of para-hydroxylation sites is 1. The number of ether oxygens (including phenoxy) is 1. The third-order valence-electron chi connectivity index (χ3n) is 3.75. The fourth-order valence-corrected chi connectivity index (χ4v) is 4.66. The first-order valence-corrected chi connectivity index (χ1v) is 10.3. The average molecular weight is 435 g/mol. The van der Waals surface area contributed by atoms with Crippen LogP contribution in [0.15, 0.2) is 51.4 Å². The molecule has 0 unspecified atom stereocenters. The van der Waals surface area contributed by atoms with E-state index in [-0.39, 0.29) is 6.61 Å². The Morgan fingerprint density at radius 3 is 2.74 bits per heavy atom. The summed E-state index contributed by atoms with van der Waals surface area (Å²) in [6, 6.07) is 7.88. The minimum Gasteiger partial charge on any atom is -0.487 e. The Hall–Kier alpha value is -1.93. The highest BCUT2D eigenvalue weighted by Crippen LogP contribution is 2.37. The molecule has 1 aromatic carbocycles. The fraction of sp³-hybridized carbons (Fsp3) is 0.111. The van der Waals surface area contributed by atoms with Crippen LogP contribution in [-0.4, -0.2) is 20.2 Å². The van der Waals surface area contributed by atoms with Crippen molar-refractivity contribution in [2.45, 2.75) is 22.8 Å². The first kappa shape index (κ1) is 18.4. The van der Waals surface area contributed by atoms with Gasteiger partial charge in [-0.1, -0.05) is 58.4 Å². The Bertz CT molecular complexity index is 1090. The van der Waals surface area contributed by atoms with Gasteiger partial charge in [0.05, 0.1) is 10.0 Å². The molecule has 0 radical (unpaired) electrons. The highest BCUT2D eigenvalue weighted by molar-refractivity contribution is 8.01. The molecule has 0 N–H and O–H groups in total. The molecule has 0 aliphatic heterocycles. The third kappa shape index (κ3) is 4.01. The van der Waals surface area contributed by atoms with Crippen molar-refractivity contribution in [2.24, 2.45) is 0 Å². The molecule has 0 fully saturated rings. The summed E-state index contributed by atoms with van der Waals surface area (Å²) in [4.78, 5) is 9.69. The molecule has 0 atom stereocenters. The van der Waals surface area contributed by atoms with Crippen LogP contribution in [-0.2, 0) is 6.61 Å². The van der Waals surface area contributed by atoms with E-state index in [9.17, 15) is 0 Å². The normalized spacial score (nSPS) is 11.1. The van der Waals surface area contributed by atoms with Crippen molar-refractivity contribution in [2.75, 3.05) is 0 Å². The van der Waals surface area contributed by atoms with Crippen LogP contribution in [0.2, 0.25) is 10.0 Å². The highest BCUT2D eigenvalue weighted by atomic mass is 35.5. The number of aromatic nitrogens is 4. The third-order valence-corrected chi connectivity index (χ3v) is 6.24. The zero-order chi connectivity index (χ0) is 18.8. The molecule has 0 saturated heterocycles. The number of halogens is 2. The van der Waals surface area contributed by atoms with Gasteiger partial charge in [-0.3, -0.25) is 4.98 Å². The van der Waals surface area contributed by atoms with Crippen molar-refractivity contribution in [3.8, 4) is 5.75 Å². The zero-order valence-electron chi connectivity index (χ0n) is 14.0. The molecule has 0 amide bonds. The van der Waals surface area contributed by atoms with E-state index in [2.05, 4.69) is 20.2 Å². The van der Waals surface area contributed by atoms with Crippen LogP contribution in [0, 0.1) is 6.92 Å². The van der Waals surface area contributed by atoms with Crippen LogP contribution in [0.5, 0.6) is 5.75 Å². The second-order valence-corrected chi connectivity index (χ2v) is 8.53. The molecule has 0 aliphatic rings. The van der Waals surface area contributed by atoms with Crippen LogP contribution < -0.4 is 4.74 Å². The Kier molecular flexibility index (Phi) is 5.45. The van der Waals surface area contributed by atoms with Crippen LogP contribution in [0.1, 0.15) is 11.3 Å². The maximum atomic E-state index is 6.19. The Labute approximate surface area is 173 Å². The van der Waals surface area contributed by atoms with Crippen molar-refractivity contribution < 1.29 is 4.74 Å². The first-order chi connectivity index (χ1) is 13.1. The molecule has 4 rings (SSSR count). The summed E-state index contributed by atoms with van der Waals surface area (Å²) < 4.78 is 6.90. The van der Waals surface area contributed by atoms with Gasteiger partial charge in [-0.25, -0.2) is 4.98 Å². The average Bonchev–Trinajstić information content (AvgIpc) is 3.14. The fourth-order valence-electron chi connectivity index (χ4n) is 2.54. The predicted octanol–water partition coefficient (Wildman–Crippen LogP) is 5.83. The largest absolute Gasteiger partial charge is 0.487 e. The summed E-state index contributed by atoms with van der Waals surface area (Å²) in [5, 5.41) is 9.94. The van der Waals surface area contributed by atoms with E-state index < -0.39 is 0 Å². The predicted molar refractivity (Wildman–Crippen MR) is 109 cm³/mol. The minimum atomic E-state index is 0.230. The lowest BCUT2D eigenvalue weighted by atomic mass is 10.2. The molecule has 0 bridgehead atoms. The van der Waals surface area contributed by atoms with Gasteiger partial charge in [-0.2, -0.15) is 0 Å². The van der Waals surface area contributed by atoms with Gasteiger partial charge in [0.1, 0.15) is 23.4 Å². The van der Waals surface area contributed by atoms with Gasteiger partial charge in [-0.15, -0.1) is 10.2 Å². The number of hydrogen-bond acceptors (Lipinski definition) is 7. The summed E-state index contributed by atoms with van der Waals surface area (Å²) in [5.41, 5.74) is 4.09. The maximum Gasteiger partial charge on any atom is 0.178 e. The lowest BCUT2D eigenvalue weighted by Crippen LogP contribution is -2.00. The number of nitrogens with zero attached hydrogens (tertiary/aromatic N) is 4. The molecule has 5 nitrogen and oxygen atoms in total. The smallest absolute Gasteiger partial charge is 0.178 e. The lowest BCUT2D eigenvalue weighted by Gasteiger charge is -2.13. The molecule has 3 heterocycles. The van der Waals surface area contributed by atoms with Crippen molar-refractivity contribution in [3.63, 3.8) is 0 Å². The van der Waals surface area contributed by atoms with Crippen molar-refractivity contribution in [1.29, 1.82) is 0 Å². The van der Waals surface area contributed by atoms with Gasteiger partial charge in [0.25, 0.3) is 0 Å². The first-order valence-electron chi connectivity index (χ1n) is 7.87. The monoisotopic (exact) mass is 434 g/mol. The molecular weight excluding hydrogens is 423 g/mol. The number of rotatable bonds is 5. The van der Waals surface area contributed by atoms with Gasteiger partial charge in [0.2, 0.25) is 0 Å². The molecule has 9 heteroatoms. The van der Waals surface area contributed by atoms with E-state index in [4.69, 9.17) is 27.9 Å².